The Morgan fingerprint density at radius 2 is 1.88 bits per heavy atom. The Kier molecular flexibility index (Phi) is 7.14. The van der Waals surface area contributed by atoms with Crippen LogP contribution in [0.3, 0.4) is 0 Å². The lowest BCUT2D eigenvalue weighted by atomic mass is 10.2. The van der Waals surface area contributed by atoms with Gasteiger partial charge < -0.3 is 24.3 Å². The number of fused-ring (bicyclic) bond motifs is 1. The van der Waals surface area contributed by atoms with Crippen LogP contribution in [-0.4, -0.2) is 38.5 Å². The number of methoxy groups -OCH3 is 1. The maximum absolute atomic E-state index is 12.6. The summed E-state index contributed by atoms with van der Waals surface area (Å²) < 4.78 is 21.4. The van der Waals surface area contributed by atoms with Crippen molar-refractivity contribution in [3.63, 3.8) is 0 Å². The predicted molar refractivity (Wildman–Crippen MR) is 126 cm³/mol. The zero-order valence-electron chi connectivity index (χ0n) is 18.0. The van der Waals surface area contributed by atoms with Gasteiger partial charge in [-0.15, -0.1) is 0 Å². The first-order valence-corrected chi connectivity index (χ1v) is 10.5. The molecule has 0 bridgehead atoms. The molecule has 0 saturated carbocycles. The van der Waals surface area contributed by atoms with Crippen molar-refractivity contribution in [1.29, 1.82) is 0 Å². The van der Waals surface area contributed by atoms with E-state index in [0.717, 1.165) is 5.56 Å². The van der Waals surface area contributed by atoms with Gasteiger partial charge in [0.15, 0.2) is 18.1 Å². The van der Waals surface area contributed by atoms with Crippen LogP contribution in [0.4, 0.5) is 5.69 Å². The fraction of sp³-hybridized carbons (Fsp3) is 0.125. The Bertz CT molecular complexity index is 1250. The molecule has 4 rings (SSSR count). The van der Waals surface area contributed by atoms with E-state index in [1.807, 2.05) is 0 Å². The molecule has 1 aliphatic rings. The van der Waals surface area contributed by atoms with Crippen LogP contribution >= 0.6 is 11.6 Å². The molecule has 9 nitrogen and oxygen atoms in total. The van der Waals surface area contributed by atoms with Crippen molar-refractivity contribution >= 4 is 35.3 Å². The summed E-state index contributed by atoms with van der Waals surface area (Å²) in [6, 6.07) is 16.7. The van der Waals surface area contributed by atoms with E-state index >= 15 is 0 Å². The zero-order chi connectivity index (χ0) is 23.9. The number of nitrogens with zero attached hydrogens (tertiary/aromatic N) is 1. The highest BCUT2D eigenvalue weighted by Crippen LogP contribution is 2.32. The molecule has 0 saturated heterocycles. The highest BCUT2D eigenvalue weighted by molar-refractivity contribution is 6.30. The van der Waals surface area contributed by atoms with Crippen LogP contribution < -0.4 is 29.7 Å². The summed E-state index contributed by atoms with van der Waals surface area (Å²) in [5.74, 6) is 0.996. The zero-order valence-corrected chi connectivity index (χ0v) is 18.8. The first kappa shape index (κ1) is 22.9. The average Bonchev–Trinajstić information content (AvgIpc) is 3.32. The van der Waals surface area contributed by atoms with Crippen molar-refractivity contribution in [2.75, 3.05) is 25.8 Å². The second kappa shape index (κ2) is 10.6. The fourth-order valence-corrected chi connectivity index (χ4v) is 3.26. The minimum atomic E-state index is -0.493. The summed E-state index contributed by atoms with van der Waals surface area (Å²) in [5, 5.41) is 7.15. The number of hydrazone groups is 1. The highest BCUT2D eigenvalue weighted by Gasteiger charge is 2.15. The number of carbonyl (C=O) groups is 2. The minimum Gasteiger partial charge on any atom is -0.495 e. The molecule has 3 aromatic rings. The van der Waals surface area contributed by atoms with E-state index < -0.39 is 11.8 Å². The Balaban J connectivity index is 1.35. The van der Waals surface area contributed by atoms with Gasteiger partial charge in [0.05, 0.1) is 24.6 Å². The number of ether oxygens (including phenoxy) is 4. The number of para-hydroxylation sites is 1. The molecule has 2 amide bonds. The second-order valence-corrected chi connectivity index (χ2v) is 7.43. The molecule has 0 radical (unpaired) electrons. The molecule has 10 heteroatoms. The van der Waals surface area contributed by atoms with E-state index in [0.29, 0.717) is 28.0 Å². The van der Waals surface area contributed by atoms with Gasteiger partial charge in [-0.3, -0.25) is 9.59 Å². The lowest BCUT2D eigenvalue weighted by Crippen LogP contribution is -2.23. The first-order chi connectivity index (χ1) is 16.5. The molecule has 174 valence electrons. The normalized spacial score (nSPS) is 11.8. The molecule has 1 heterocycles. The molecule has 2 N–H and O–H groups in total. The number of rotatable bonds is 8. The van der Waals surface area contributed by atoms with Gasteiger partial charge in [-0.25, -0.2) is 5.43 Å². The summed E-state index contributed by atoms with van der Waals surface area (Å²) >= 11 is 5.94. The fourth-order valence-electron chi connectivity index (χ4n) is 3.10. The number of hydrogen-bond donors (Lipinski definition) is 2. The number of nitrogens with one attached hydrogen (secondary N) is 2. The smallest absolute Gasteiger partial charge is 0.275 e. The van der Waals surface area contributed by atoms with Gasteiger partial charge in [-0.05, 0) is 48.0 Å². The third kappa shape index (κ3) is 5.57. The van der Waals surface area contributed by atoms with Gasteiger partial charge in [-0.1, -0.05) is 23.7 Å². The molecular formula is C24H20ClN3O6. The molecule has 0 spiro atoms. The van der Waals surface area contributed by atoms with Crippen LogP contribution in [0.5, 0.6) is 23.0 Å². The van der Waals surface area contributed by atoms with Crippen molar-refractivity contribution in [1.82, 2.24) is 5.43 Å². The van der Waals surface area contributed by atoms with Crippen molar-refractivity contribution in [3.05, 3.63) is 76.8 Å². The number of carbonyl (C=O) groups excluding carboxylic acids is 2. The van der Waals surface area contributed by atoms with Crippen LogP contribution in [0.1, 0.15) is 15.9 Å². The molecule has 34 heavy (non-hydrogen) atoms. The van der Waals surface area contributed by atoms with Gasteiger partial charge >= 0.3 is 0 Å². The molecule has 0 aliphatic carbocycles. The Morgan fingerprint density at radius 1 is 1.06 bits per heavy atom. The predicted octanol–water partition coefficient (Wildman–Crippen LogP) is 3.86. The molecule has 0 aromatic heterocycles. The standard InChI is InChI=1S/C24H20ClN3O6/c1-31-21-11-16(25)7-8-18(21)27-23(29)13-32-19-5-3-2-4-17(19)24(30)28-26-12-15-6-9-20-22(10-15)34-14-33-20/h2-12H,13-14H2,1H3,(H,27,29)(H,28,30). The quantitative estimate of drug-likeness (QED) is 0.373. The molecule has 0 unspecified atom stereocenters. The summed E-state index contributed by atoms with van der Waals surface area (Å²) in [4.78, 5) is 25.0. The van der Waals surface area contributed by atoms with E-state index in [4.69, 9.17) is 30.5 Å². The van der Waals surface area contributed by atoms with Crippen molar-refractivity contribution < 1.29 is 28.5 Å². The third-order valence-corrected chi connectivity index (χ3v) is 4.94. The number of amides is 2. The topological polar surface area (TPSA) is 107 Å². The van der Waals surface area contributed by atoms with Crippen molar-refractivity contribution in [3.8, 4) is 23.0 Å². The summed E-state index contributed by atoms with van der Waals surface area (Å²) in [7, 11) is 1.47. The summed E-state index contributed by atoms with van der Waals surface area (Å²) in [6.45, 7) is -0.148. The number of benzene rings is 3. The minimum absolute atomic E-state index is 0.175. The van der Waals surface area contributed by atoms with Crippen LogP contribution in [0, 0.1) is 0 Å². The number of anilines is 1. The van der Waals surface area contributed by atoms with Gasteiger partial charge in [0.2, 0.25) is 6.79 Å². The average molecular weight is 482 g/mol. The number of halogens is 1. The summed E-state index contributed by atoms with van der Waals surface area (Å²) in [5.41, 5.74) is 3.85. The first-order valence-electron chi connectivity index (χ1n) is 10.1. The maximum Gasteiger partial charge on any atom is 0.275 e. The lowest BCUT2D eigenvalue weighted by molar-refractivity contribution is -0.118. The van der Waals surface area contributed by atoms with Gasteiger partial charge in [0, 0.05) is 11.1 Å². The Morgan fingerprint density at radius 3 is 2.74 bits per heavy atom. The van der Waals surface area contributed by atoms with Gasteiger partial charge in [-0.2, -0.15) is 5.10 Å². The molecule has 0 atom stereocenters. The SMILES string of the molecule is COc1cc(Cl)ccc1NC(=O)COc1ccccc1C(=O)NN=Cc1ccc2c(c1)OCO2. The van der Waals surface area contributed by atoms with Crippen LogP contribution in [0.25, 0.3) is 0 Å². The van der Waals surface area contributed by atoms with Crippen LogP contribution in [0.2, 0.25) is 5.02 Å². The van der Waals surface area contributed by atoms with E-state index in [9.17, 15) is 9.59 Å². The Labute approximate surface area is 200 Å². The van der Waals surface area contributed by atoms with Crippen molar-refractivity contribution in [2.24, 2.45) is 5.10 Å². The third-order valence-electron chi connectivity index (χ3n) is 4.70. The van der Waals surface area contributed by atoms with E-state index in [1.54, 1.807) is 60.7 Å². The summed E-state index contributed by atoms with van der Waals surface area (Å²) in [6.07, 6.45) is 1.48. The molecule has 1 aliphatic heterocycles. The Hall–Kier alpha value is -4.24. The van der Waals surface area contributed by atoms with E-state index in [1.165, 1.54) is 13.3 Å². The lowest BCUT2D eigenvalue weighted by Gasteiger charge is -2.12. The van der Waals surface area contributed by atoms with Gasteiger partial charge in [0.1, 0.15) is 11.5 Å². The van der Waals surface area contributed by atoms with Crippen LogP contribution in [0.15, 0.2) is 65.8 Å². The largest absolute Gasteiger partial charge is 0.495 e. The van der Waals surface area contributed by atoms with E-state index in [-0.39, 0.29) is 24.7 Å². The van der Waals surface area contributed by atoms with Crippen molar-refractivity contribution in [2.45, 2.75) is 0 Å². The highest BCUT2D eigenvalue weighted by atomic mass is 35.5. The molecular weight excluding hydrogens is 462 g/mol. The van der Waals surface area contributed by atoms with Gasteiger partial charge in [0.25, 0.3) is 11.8 Å². The van der Waals surface area contributed by atoms with Crippen LogP contribution in [-0.2, 0) is 4.79 Å². The maximum atomic E-state index is 12.6. The monoisotopic (exact) mass is 481 g/mol. The molecule has 3 aromatic carbocycles. The second-order valence-electron chi connectivity index (χ2n) is 6.99. The number of hydrogen-bond acceptors (Lipinski definition) is 7. The molecule has 0 fully saturated rings. The van der Waals surface area contributed by atoms with E-state index in [2.05, 4.69) is 15.8 Å².